The van der Waals surface area contributed by atoms with Crippen molar-refractivity contribution in [2.75, 3.05) is 0 Å². The lowest BCUT2D eigenvalue weighted by atomic mass is 9.78. The Kier molecular flexibility index (Phi) is 5.89. The number of carbonyl (C=O) groups is 2. The molecule has 0 radical (unpaired) electrons. The van der Waals surface area contributed by atoms with Gasteiger partial charge in [0.2, 0.25) is 0 Å². The van der Waals surface area contributed by atoms with Gasteiger partial charge in [0.15, 0.2) is 5.78 Å². The van der Waals surface area contributed by atoms with Crippen LogP contribution in [0.1, 0.15) is 65.7 Å². The smallest absolute Gasteiger partial charge is 0.334 e. The molecule has 1 aliphatic carbocycles. The average molecular weight is 350 g/mol. The van der Waals surface area contributed by atoms with Gasteiger partial charge in [0.05, 0.1) is 5.60 Å². The Balaban J connectivity index is 2.27. The highest BCUT2D eigenvalue weighted by molar-refractivity contribution is 5.89. The van der Waals surface area contributed by atoms with Gasteiger partial charge in [-0.15, -0.1) is 0 Å². The van der Waals surface area contributed by atoms with Crippen molar-refractivity contribution >= 4 is 11.8 Å². The number of fused-ring (bicyclic) bond motifs is 2. The summed E-state index contributed by atoms with van der Waals surface area (Å²) in [6.07, 6.45) is 4.61. The summed E-state index contributed by atoms with van der Waals surface area (Å²) in [7, 11) is 0. The van der Waals surface area contributed by atoms with Crippen LogP contribution in [0.3, 0.4) is 0 Å². The molecule has 0 unspecified atom stereocenters. The van der Waals surface area contributed by atoms with Crippen molar-refractivity contribution in [3.05, 3.63) is 23.8 Å². The lowest BCUT2D eigenvalue weighted by molar-refractivity contribution is -0.168. The number of esters is 1. The fraction of sp³-hybridized carbons (Fsp3) is 0.700. The maximum absolute atomic E-state index is 12.3. The molecule has 25 heavy (non-hydrogen) atoms. The van der Waals surface area contributed by atoms with Crippen molar-refractivity contribution in [3.63, 3.8) is 0 Å². The molecule has 4 atom stereocenters. The minimum absolute atomic E-state index is 0.176. The Morgan fingerprint density at radius 3 is 2.56 bits per heavy atom. The van der Waals surface area contributed by atoms with E-state index in [4.69, 9.17) is 4.74 Å². The zero-order valence-electron chi connectivity index (χ0n) is 15.5. The summed E-state index contributed by atoms with van der Waals surface area (Å²) in [6, 6.07) is 0. The standard InChI is InChI=1S/C20H30O5/c1-13-6-5-10-20(4,24)17-12-15(14(2)18(22)25-17)9-11-19(3,23)16(21)8-7-13/h6,15,17,23-24H,2,5,7-12H2,1,3-4H3/t15-,17+,19-,20-/m1/s1. The van der Waals surface area contributed by atoms with Gasteiger partial charge in [-0.2, -0.15) is 0 Å². The van der Waals surface area contributed by atoms with Crippen LogP contribution in [-0.2, 0) is 14.3 Å². The first-order valence-corrected chi connectivity index (χ1v) is 9.06. The van der Waals surface area contributed by atoms with Gasteiger partial charge in [-0.1, -0.05) is 18.2 Å². The molecule has 140 valence electrons. The van der Waals surface area contributed by atoms with Gasteiger partial charge in [-0.3, -0.25) is 4.79 Å². The summed E-state index contributed by atoms with van der Waals surface area (Å²) in [5, 5.41) is 21.3. The molecular formula is C20H30O5. The molecule has 0 saturated carbocycles. The van der Waals surface area contributed by atoms with E-state index in [2.05, 4.69) is 6.58 Å². The molecule has 1 fully saturated rings. The number of Topliss-reactive ketones (excluding diaryl/α,β-unsaturated/α-hetero) is 1. The van der Waals surface area contributed by atoms with E-state index in [1.807, 2.05) is 13.0 Å². The SMILES string of the molecule is C=C1C(=O)O[C@H]2C[C@H]1CC[C@@](C)(O)C(=O)CCC(C)=CCC[C@@]2(C)O. The third kappa shape index (κ3) is 4.79. The second-order valence-electron chi connectivity index (χ2n) is 8.03. The zero-order chi connectivity index (χ0) is 18.8. The molecule has 2 aliphatic rings. The van der Waals surface area contributed by atoms with Crippen LogP contribution in [0.2, 0.25) is 0 Å². The molecule has 2 N–H and O–H groups in total. The van der Waals surface area contributed by atoms with Crippen molar-refractivity contribution < 1.29 is 24.5 Å². The number of aliphatic hydroxyl groups is 2. The first kappa shape index (κ1) is 19.9. The number of ketones is 1. The van der Waals surface area contributed by atoms with Crippen molar-refractivity contribution in [2.24, 2.45) is 5.92 Å². The Morgan fingerprint density at radius 2 is 1.88 bits per heavy atom. The third-order valence-corrected chi connectivity index (χ3v) is 5.67. The van der Waals surface area contributed by atoms with Crippen molar-refractivity contribution in [3.8, 4) is 0 Å². The third-order valence-electron chi connectivity index (χ3n) is 5.67. The number of hydrogen-bond donors (Lipinski definition) is 2. The summed E-state index contributed by atoms with van der Waals surface area (Å²) in [5.74, 6) is -0.867. The molecule has 1 heterocycles. The van der Waals surface area contributed by atoms with Crippen LogP contribution in [0, 0.1) is 5.92 Å². The van der Waals surface area contributed by atoms with Crippen LogP contribution < -0.4 is 0 Å². The number of allylic oxidation sites excluding steroid dienone is 2. The summed E-state index contributed by atoms with van der Waals surface area (Å²) in [6.45, 7) is 9.00. The molecule has 5 nitrogen and oxygen atoms in total. The first-order valence-electron chi connectivity index (χ1n) is 9.06. The van der Waals surface area contributed by atoms with E-state index in [-0.39, 0.29) is 18.1 Å². The Labute approximate surface area is 149 Å². The van der Waals surface area contributed by atoms with Gasteiger partial charge in [0.1, 0.15) is 11.7 Å². The predicted molar refractivity (Wildman–Crippen MR) is 94.8 cm³/mol. The largest absolute Gasteiger partial charge is 0.456 e. The van der Waals surface area contributed by atoms with E-state index in [0.29, 0.717) is 44.1 Å². The molecule has 0 aromatic rings. The highest BCUT2D eigenvalue weighted by atomic mass is 16.6. The maximum atomic E-state index is 12.3. The van der Waals surface area contributed by atoms with Crippen LogP contribution in [0.25, 0.3) is 0 Å². The highest BCUT2D eigenvalue weighted by Crippen LogP contribution is 2.37. The van der Waals surface area contributed by atoms with Gasteiger partial charge < -0.3 is 14.9 Å². The average Bonchev–Trinajstić information content (AvgIpc) is 2.52. The van der Waals surface area contributed by atoms with Crippen LogP contribution in [0.4, 0.5) is 0 Å². The monoisotopic (exact) mass is 350 g/mol. The molecule has 0 aromatic carbocycles. The number of hydrogen-bond acceptors (Lipinski definition) is 5. The summed E-state index contributed by atoms with van der Waals surface area (Å²) < 4.78 is 5.41. The van der Waals surface area contributed by atoms with E-state index in [1.54, 1.807) is 6.92 Å². The number of rotatable bonds is 0. The normalized spacial score (nSPS) is 38.6. The van der Waals surface area contributed by atoms with Crippen molar-refractivity contribution in [1.82, 2.24) is 0 Å². The topological polar surface area (TPSA) is 83.8 Å². The lowest BCUT2D eigenvalue weighted by Crippen LogP contribution is -2.47. The quantitative estimate of drug-likeness (QED) is 0.399. The van der Waals surface area contributed by atoms with Crippen LogP contribution in [0.5, 0.6) is 0 Å². The molecule has 1 aliphatic heterocycles. The lowest BCUT2D eigenvalue weighted by Gasteiger charge is -2.39. The Bertz CT molecular complexity index is 585. The van der Waals surface area contributed by atoms with E-state index < -0.39 is 23.3 Å². The predicted octanol–water partition coefficient (Wildman–Crippen LogP) is 2.85. The summed E-state index contributed by atoms with van der Waals surface area (Å²) >= 11 is 0. The second kappa shape index (κ2) is 7.42. The number of carbonyl (C=O) groups excluding carboxylic acids is 2. The molecule has 1 saturated heterocycles. The number of ether oxygens (including phenoxy) is 1. The van der Waals surface area contributed by atoms with Crippen LogP contribution in [0.15, 0.2) is 23.8 Å². The Hall–Kier alpha value is -1.46. The zero-order valence-corrected chi connectivity index (χ0v) is 15.5. The molecule has 0 spiro atoms. The second-order valence-corrected chi connectivity index (χ2v) is 8.03. The molecule has 2 rings (SSSR count). The molecule has 2 bridgehead atoms. The fourth-order valence-electron chi connectivity index (χ4n) is 3.54. The van der Waals surface area contributed by atoms with Crippen LogP contribution in [-0.4, -0.2) is 39.3 Å². The summed E-state index contributed by atoms with van der Waals surface area (Å²) in [4.78, 5) is 24.5. The van der Waals surface area contributed by atoms with Gasteiger partial charge in [0, 0.05) is 12.0 Å². The fourth-order valence-corrected chi connectivity index (χ4v) is 3.54. The minimum Gasteiger partial charge on any atom is -0.456 e. The van der Waals surface area contributed by atoms with Crippen LogP contribution >= 0.6 is 0 Å². The van der Waals surface area contributed by atoms with Crippen molar-refractivity contribution in [1.29, 1.82) is 0 Å². The molecule has 0 amide bonds. The van der Waals surface area contributed by atoms with Gasteiger partial charge >= 0.3 is 5.97 Å². The van der Waals surface area contributed by atoms with Gasteiger partial charge in [-0.25, -0.2) is 4.79 Å². The first-order chi connectivity index (χ1) is 11.5. The molecule has 0 aromatic heterocycles. The molecular weight excluding hydrogens is 320 g/mol. The van der Waals surface area contributed by atoms with Gasteiger partial charge in [0.25, 0.3) is 0 Å². The minimum atomic E-state index is -1.41. The van der Waals surface area contributed by atoms with E-state index in [0.717, 1.165) is 5.57 Å². The summed E-state index contributed by atoms with van der Waals surface area (Å²) in [5.41, 5.74) is -1.11. The maximum Gasteiger partial charge on any atom is 0.334 e. The van der Waals surface area contributed by atoms with E-state index in [1.165, 1.54) is 6.92 Å². The van der Waals surface area contributed by atoms with Crippen molar-refractivity contribution in [2.45, 2.75) is 83.0 Å². The van der Waals surface area contributed by atoms with E-state index in [9.17, 15) is 19.8 Å². The highest BCUT2D eigenvalue weighted by Gasteiger charge is 2.42. The molecule has 5 heteroatoms. The van der Waals surface area contributed by atoms with E-state index >= 15 is 0 Å². The Morgan fingerprint density at radius 1 is 1.20 bits per heavy atom. The van der Waals surface area contributed by atoms with Gasteiger partial charge in [-0.05, 0) is 65.2 Å².